The number of benzene rings is 3. The minimum atomic E-state index is -1.23. The van der Waals surface area contributed by atoms with Crippen LogP contribution in [0.15, 0.2) is 66.7 Å². The summed E-state index contributed by atoms with van der Waals surface area (Å²) in [6, 6.07) is 20.5. The number of pyridine rings is 1. The first-order valence-electron chi connectivity index (χ1n) is 10.6. The van der Waals surface area contributed by atoms with Crippen molar-refractivity contribution in [2.24, 2.45) is 0 Å². The highest BCUT2D eigenvalue weighted by molar-refractivity contribution is 6.09. The van der Waals surface area contributed by atoms with Gasteiger partial charge in [0.15, 0.2) is 11.5 Å². The van der Waals surface area contributed by atoms with Crippen LogP contribution >= 0.6 is 0 Å². The first kappa shape index (κ1) is 20.8. The van der Waals surface area contributed by atoms with Gasteiger partial charge in [0.2, 0.25) is 0 Å². The number of nitrogens with zero attached hydrogens (tertiary/aromatic N) is 2. The van der Waals surface area contributed by atoms with Gasteiger partial charge in [0, 0.05) is 10.8 Å². The summed E-state index contributed by atoms with van der Waals surface area (Å²) in [6.45, 7) is 1.76. The summed E-state index contributed by atoms with van der Waals surface area (Å²) in [7, 11) is 3.08. The molecule has 1 aromatic heterocycles. The Labute approximate surface area is 190 Å². The summed E-state index contributed by atoms with van der Waals surface area (Å²) < 4.78 is 10.7. The number of imide groups is 1. The van der Waals surface area contributed by atoms with Gasteiger partial charge in [0.25, 0.3) is 5.91 Å². The molecule has 7 heteroatoms. The number of amides is 3. The van der Waals surface area contributed by atoms with Crippen LogP contribution in [0, 0.1) is 0 Å². The summed E-state index contributed by atoms with van der Waals surface area (Å²) >= 11 is 0. The van der Waals surface area contributed by atoms with Crippen LogP contribution in [0.3, 0.4) is 0 Å². The lowest BCUT2D eigenvalue weighted by Crippen LogP contribution is -2.40. The molecule has 1 aliphatic rings. The van der Waals surface area contributed by atoms with Crippen LogP contribution < -0.4 is 14.8 Å². The van der Waals surface area contributed by atoms with E-state index in [0.717, 1.165) is 21.7 Å². The van der Waals surface area contributed by atoms with Crippen molar-refractivity contribution in [1.82, 2.24) is 15.2 Å². The summed E-state index contributed by atoms with van der Waals surface area (Å²) in [5.74, 6) is 0.683. The lowest BCUT2D eigenvalue weighted by Gasteiger charge is -2.23. The zero-order chi connectivity index (χ0) is 23.2. The molecule has 2 heterocycles. The first-order chi connectivity index (χ1) is 16.0. The van der Waals surface area contributed by atoms with Crippen LogP contribution in [0.2, 0.25) is 0 Å². The molecule has 0 saturated carbocycles. The Hall–Kier alpha value is -4.13. The fourth-order valence-corrected chi connectivity index (χ4v) is 4.43. The molecule has 1 saturated heterocycles. The second-order valence-electron chi connectivity index (χ2n) is 8.14. The Morgan fingerprint density at radius 1 is 0.879 bits per heavy atom. The molecule has 5 rings (SSSR count). The molecule has 0 aliphatic carbocycles. The van der Waals surface area contributed by atoms with E-state index in [1.807, 2.05) is 48.5 Å². The molecule has 0 bridgehead atoms. The van der Waals surface area contributed by atoms with Gasteiger partial charge in [0.1, 0.15) is 5.54 Å². The highest BCUT2D eigenvalue weighted by atomic mass is 16.5. The lowest BCUT2D eigenvalue weighted by atomic mass is 9.91. The molecule has 0 spiro atoms. The Morgan fingerprint density at radius 3 is 2.27 bits per heavy atom. The van der Waals surface area contributed by atoms with E-state index in [2.05, 4.69) is 5.32 Å². The second kappa shape index (κ2) is 7.78. The number of ether oxygens (including phenoxy) is 2. The molecule has 4 aromatic rings. The van der Waals surface area contributed by atoms with E-state index >= 15 is 0 Å². The SMILES string of the molecule is COc1ccc([C@]2(C)NC(=O)N(Cc3nc4ccccc4c4ccccc34)C2=O)cc1OC. The zero-order valence-electron chi connectivity index (χ0n) is 18.6. The van der Waals surface area contributed by atoms with Gasteiger partial charge in [-0.25, -0.2) is 4.79 Å². The number of aromatic nitrogens is 1. The molecule has 1 atom stereocenters. The van der Waals surface area contributed by atoms with Crippen LogP contribution in [-0.4, -0.2) is 36.0 Å². The topological polar surface area (TPSA) is 80.8 Å². The number of urea groups is 1. The van der Waals surface area contributed by atoms with Crippen molar-refractivity contribution in [3.63, 3.8) is 0 Å². The molecule has 7 nitrogen and oxygen atoms in total. The Bertz CT molecular complexity index is 1420. The molecule has 33 heavy (non-hydrogen) atoms. The fraction of sp³-hybridized carbons (Fsp3) is 0.192. The first-order valence-corrected chi connectivity index (χ1v) is 10.6. The molecule has 1 N–H and O–H groups in total. The van der Waals surface area contributed by atoms with Crippen molar-refractivity contribution in [3.8, 4) is 11.5 Å². The minimum Gasteiger partial charge on any atom is -0.493 e. The highest BCUT2D eigenvalue weighted by Crippen LogP contribution is 2.36. The quantitative estimate of drug-likeness (QED) is 0.367. The molecular weight excluding hydrogens is 418 g/mol. The maximum absolute atomic E-state index is 13.5. The Morgan fingerprint density at radius 2 is 1.55 bits per heavy atom. The van der Waals surface area contributed by atoms with E-state index < -0.39 is 11.6 Å². The summed E-state index contributed by atoms with van der Waals surface area (Å²) in [5, 5.41) is 5.83. The molecule has 166 valence electrons. The van der Waals surface area contributed by atoms with Crippen molar-refractivity contribution in [2.75, 3.05) is 14.2 Å². The molecular formula is C26H23N3O4. The maximum Gasteiger partial charge on any atom is 0.325 e. The average molecular weight is 441 g/mol. The molecule has 1 aliphatic heterocycles. The van der Waals surface area contributed by atoms with E-state index in [0.29, 0.717) is 22.8 Å². The average Bonchev–Trinajstić information content (AvgIpc) is 3.07. The van der Waals surface area contributed by atoms with Gasteiger partial charge >= 0.3 is 6.03 Å². The van der Waals surface area contributed by atoms with Crippen LogP contribution in [-0.2, 0) is 16.9 Å². The predicted molar refractivity (Wildman–Crippen MR) is 125 cm³/mol. The molecule has 3 aromatic carbocycles. The lowest BCUT2D eigenvalue weighted by molar-refractivity contribution is -0.131. The Kier molecular flexibility index (Phi) is 4.89. The number of para-hydroxylation sites is 1. The zero-order valence-corrected chi connectivity index (χ0v) is 18.6. The summed E-state index contributed by atoms with van der Waals surface area (Å²) in [6.07, 6.45) is 0. The summed E-state index contributed by atoms with van der Waals surface area (Å²) in [4.78, 5) is 32.5. The number of methoxy groups -OCH3 is 2. The van der Waals surface area contributed by atoms with E-state index in [1.165, 1.54) is 12.0 Å². The van der Waals surface area contributed by atoms with Crippen molar-refractivity contribution < 1.29 is 19.1 Å². The molecule has 0 radical (unpaired) electrons. The van der Waals surface area contributed by atoms with Crippen molar-refractivity contribution in [2.45, 2.75) is 19.0 Å². The number of hydrogen-bond acceptors (Lipinski definition) is 5. The predicted octanol–water partition coefficient (Wildman–Crippen LogP) is 4.37. The number of hydrogen-bond donors (Lipinski definition) is 1. The number of carbonyl (C=O) groups excluding carboxylic acids is 2. The molecule has 1 fully saturated rings. The fourth-order valence-electron chi connectivity index (χ4n) is 4.43. The van der Waals surface area contributed by atoms with Crippen LogP contribution in [0.1, 0.15) is 18.2 Å². The number of carbonyl (C=O) groups is 2. The molecule has 0 unspecified atom stereocenters. The van der Waals surface area contributed by atoms with E-state index in [1.54, 1.807) is 32.2 Å². The van der Waals surface area contributed by atoms with Gasteiger partial charge in [-0.05, 0) is 36.1 Å². The van der Waals surface area contributed by atoms with Gasteiger partial charge in [-0.15, -0.1) is 0 Å². The van der Waals surface area contributed by atoms with Crippen molar-refractivity contribution >= 4 is 33.6 Å². The second-order valence-corrected chi connectivity index (χ2v) is 8.14. The van der Waals surface area contributed by atoms with Gasteiger partial charge in [-0.1, -0.05) is 48.5 Å². The Balaban J connectivity index is 1.55. The van der Waals surface area contributed by atoms with Crippen LogP contribution in [0.25, 0.3) is 21.7 Å². The van der Waals surface area contributed by atoms with Gasteiger partial charge < -0.3 is 14.8 Å². The minimum absolute atomic E-state index is 0.0683. The standard InChI is InChI=1S/C26H23N3O4/c1-26(16-12-13-22(32-2)23(14-16)33-3)24(30)29(25(31)28-26)15-21-19-10-5-4-8-17(19)18-9-6-7-11-20(18)27-21/h4-14H,15H2,1-3H3,(H,28,31)/t26-/m0/s1. The smallest absolute Gasteiger partial charge is 0.325 e. The normalized spacial score (nSPS) is 18.1. The third-order valence-corrected chi connectivity index (χ3v) is 6.23. The van der Waals surface area contributed by atoms with Crippen LogP contribution in [0.4, 0.5) is 4.79 Å². The largest absolute Gasteiger partial charge is 0.493 e. The monoisotopic (exact) mass is 441 g/mol. The maximum atomic E-state index is 13.5. The summed E-state index contributed by atoms with van der Waals surface area (Å²) in [5.41, 5.74) is 0.867. The van der Waals surface area contributed by atoms with Crippen molar-refractivity contribution in [3.05, 3.63) is 78.0 Å². The number of fused-ring (bicyclic) bond motifs is 3. The van der Waals surface area contributed by atoms with Gasteiger partial charge in [-0.3, -0.25) is 14.7 Å². The van der Waals surface area contributed by atoms with Gasteiger partial charge in [0.05, 0.1) is 32.0 Å². The number of nitrogens with one attached hydrogen (secondary N) is 1. The van der Waals surface area contributed by atoms with E-state index in [-0.39, 0.29) is 12.5 Å². The van der Waals surface area contributed by atoms with Gasteiger partial charge in [-0.2, -0.15) is 0 Å². The number of rotatable bonds is 5. The van der Waals surface area contributed by atoms with Crippen LogP contribution in [0.5, 0.6) is 11.5 Å². The third kappa shape index (κ3) is 3.24. The van der Waals surface area contributed by atoms with E-state index in [4.69, 9.17) is 14.5 Å². The van der Waals surface area contributed by atoms with E-state index in [9.17, 15) is 9.59 Å². The highest BCUT2D eigenvalue weighted by Gasteiger charge is 2.49. The third-order valence-electron chi connectivity index (χ3n) is 6.23. The van der Waals surface area contributed by atoms with Crippen molar-refractivity contribution in [1.29, 1.82) is 0 Å². The molecule has 3 amide bonds.